The Morgan fingerprint density at radius 2 is 1.79 bits per heavy atom. The van der Waals surface area contributed by atoms with Gasteiger partial charge in [0.05, 0.1) is 11.4 Å². The lowest BCUT2D eigenvalue weighted by molar-refractivity contribution is 0.103. The first-order valence-corrected chi connectivity index (χ1v) is 11.1. The Bertz CT molecular complexity index is 1130. The molecule has 0 unspecified atom stereocenters. The first kappa shape index (κ1) is 20.2. The Morgan fingerprint density at radius 3 is 2.39 bits per heavy atom. The van der Waals surface area contributed by atoms with Crippen molar-refractivity contribution < 1.29 is 13.2 Å². The maximum absolute atomic E-state index is 12.7. The molecule has 1 aromatic heterocycles. The molecule has 3 N–H and O–H groups in total. The molecule has 146 valence electrons. The van der Waals surface area contributed by atoms with E-state index in [2.05, 4.69) is 16.4 Å². The van der Waals surface area contributed by atoms with E-state index >= 15 is 0 Å². The third-order valence-corrected chi connectivity index (χ3v) is 6.12. The summed E-state index contributed by atoms with van der Waals surface area (Å²) < 4.78 is 22.3. The lowest BCUT2D eigenvalue weighted by Gasteiger charge is -2.05. The molecule has 0 saturated heterocycles. The van der Waals surface area contributed by atoms with Gasteiger partial charge in [0.1, 0.15) is 9.88 Å². The number of nitrogens with two attached hydrogens (primary N) is 1. The van der Waals surface area contributed by atoms with E-state index in [1.165, 1.54) is 16.9 Å². The van der Waals surface area contributed by atoms with Crippen LogP contribution in [-0.4, -0.2) is 19.3 Å². The summed E-state index contributed by atoms with van der Waals surface area (Å²) in [6.07, 6.45) is 0. The Morgan fingerprint density at radius 1 is 1.11 bits per heavy atom. The molecular weight excluding hydrogens is 394 g/mol. The van der Waals surface area contributed by atoms with Crippen molar-refractivity contribution in [1.82, 2.24) is 4.98 Å². The minimum absolute atomic E-state index is 0.242. The second-order valence-corrected chi connectivity index (χ2v) is 9.32. The summed E-state index contributed by atoms with van der Waals surface area (Å²) in [6, 6.07) is 12.7. The van der Waals surface area contributed by atoms with Crippen molar-refractivity contribution in [3.05, 3.63) is 69.7 Å². The highest BCUT2D eigenvalue weighted by Crippen LogP contribution is 2.31. The molecule has 0 aliphatic rings. The van der Waals surface area contributed by atoms with Gasteiger partial charge < -0.3 is 5.32 Å². The fraction of sp³-hybridized carbons (Fsp3) is 0.200. The largest absolute Gasteiger partial charge is 0.321 e. The minimum atomic E-state index is -3.59. The van der Waals surface area contributed by atoms with Gasteiger partial charge in [-0.1, -0.05) is 35.9 Å². The van der Waals surface area contributed by atoms with Crippen molar-refractivity contribution in [3.8, 4) is 10.6 Å². The zero-order chi connectivity index (χ0) is 20.5. The van der Waals surface area contributed by atoms with Crippen LogP contribution >= 0.6 is 11.3 Å². The summed E-state index contributed by atoms with van der Waals surface area (Å²) >= 11 is 1.35. The van der Waals surface area contributed by atoms with Gasteiger partial charge in [-0.25, -0.2) is 18.5 Å². The number of rotatable bonds is 5. The van der Waals surface area contributed by atoms with Gasteiger partial charge in [0, 0.05) is 11.3 Å². The van der Waals surface area contributed by atoms with Gasteiger partial charge >= 0.3 is 0 Å². The van der Waals surface area contributed by atoms with E-state index in [1.54, 1.807) is 24.3 Å². The molecule has 2 aromatic carbocycles. The minimum Gasteiger partial charge on any atom is -0.321 e. The van der Waals surface area contributed by atoms with Crippen molar-refractivity contribution in [3.63, 3.8) is 0 Å². The van der Waals surface area contributed by atoms with Crippen LogP contribution in [0.1, 0.15) is 32.1 Å². The summed E-state index contributed by atoms with van der Waals surface area (Å²) in [7, 11) is -3.59. The molecule has 6 nitrogen and oxygen atoms in total. The van der Waals surface area contributed by atoms with Gasteiger partial charge in [0.2, 0.25) is 10.0 Å². The van der Waals surface area contributed by atoms with Crippen molar-refractivity contribution in [1.29, 1.82) is 0 Å². The number of benzene rings is 2. The van der Waals surface area contributed by atoms with Gasteiger partial charge in [-0.15, -0.1) is 11.3 Å². The Balaban J connectivity index is 1.79. The third-order valence-electron chi connectivity index (χ3n) is 4.19. The number of primary sulfonamides is 1. The zero-order valence-electron chi connectivity index (χ0n) is 15.8. The highest BCUT2D eigenvalue weighted by atomic mass is 32.2. The Labute approximate surface area is 168 Å². The van der Waals surface area contributed by atoms with Gasteiger partial charge in [-0.05, 0) is 44.0 Å². The van der Waals surface area contributed by atoms with Crippen molar-refractivity contribution >= 4 is 33.0 Å². The smallest absolute Gasteiger partial charge is 0.267 e. The number of carbonyl (C=O) groups excluding carboxylic acids is 1. The monoisotopic (exact) mass is 415 g/mol. The molecule has 0 saturated carbocycles. The average Bonchev–Trinajstić information content (AvgIpc) is 2.97. The number of aromatic nitrogens is 1. The molecule has 8 heteroatoms. The quantitative estimate of drug-likeness (QED) is 0.662. The maximum atomic E-state index is 12.7. The number of amides is 1. The lowest BCUT2D eigenvalue weighted by Crippen LogP contribution is -2.14. The predicted molar refractivity (Wildman–Crippen MR) is 113 cm³/mol. The van der Waals surface area contributed by atoms with E-state index in [0.717, 1.165) is 16.1 Å². The van der Waals surface area contributed by atoms with Crippen LogP contribution in [0, 0.1) is 20.8 Å². The summed E-state index contributed by atoms with van der Waals surface area (Å²) in [4.78, 5) is 17.8. The molecule has 0 bridgehead atoms. The number of sulfonamides is 1. The topological polar surface area (TPSA) is 102 Å². The van der Waals surface area contributed by atoms with E-state index in [-0.39, 0.29) is 11.7 Å². The average molecular weight is 416 g/mol. The van der Waals surface area contributed by atoms with Gasteiger partial charge in [0.15, 0.2) is 0 Å². The fourth-order valence-electron chi connectivity index (χ4n) is 2.88. The number of anilines is 1. The standard InChI is InChI=1S/C20H21N3O3S2/c1-12-4-9-17(13(2)10-12)20-22-14(3)18(27-20)19(24)23-16-7-5-15(6-8-16)11-28(21,25)26/h4-10H,11H2,1-3H3,(H,23,24)(H2,21,25,26). The van der Waals surface area contributed by atoms with Crippen LogP contribution in [0.2, 0.25) is 0 Å². The molecule has 0 atom stereocenters. The van der Waals surface area contributed by atoms with E-state index in [0.29, 0.717) is 21.8 Å². The van der Waals surface area contributed by atoms with E-state index < -0.39 is 10.0 Å². The Kier molecular flexibility index (Phi) is 5.64. The second-order valence-electron chi connectivity index (χ2n) is 6.71. The molecule has 3 rings (SSSR count). The maximum Gasteiger partial charge on any atom is 0.267 e. The van der Waals surface area contributed by atoms with Gasteiger partial charge in [0.25, 0.3) is 5.91 Å². The summed E-state index contributed by atoms with van der Waals surface area (Å²) in [5.41, 5.74) is 5.12. The van der Waals surface area contributed by atoms with E-state index in [4.69, 9.17) is 5.14 Å². The molecule has 0 spiro atoms. The number of nitrogens with zero attached hydrogens (tertiary/aromatic N) is 1. The molecule has 0 fully saturated rings. The molecule has 0 aliphatic heterocycles. The molecule has 28 heavy (non-hydrogen) atoms. The molecule has 1 amide bonds. The molecule has 0 radical (unpaired) electrons. The highest BCUT2D eigenvalue weighted by molar-refractivity contribution is 7.88. The summed E-state index contributed by atoms with van der Waals surface area (Å²) in [5, 5.41) is 8.68. The fourth-order valence-corrected chi connectivity index (χ4v) is 4.59. The summed E-state index contributed by atoms with van der Waals surface area (Å²) in [5.74, 6) is -0.487. The first-order valence-electron chi connectivity index (χ1n) is 8.58. The van der Waals surface area contributed by atoms with Crippen LogP contribution in [0.25, 0.3) is 10.6 Å². The van der Waals surface area contributed by atoms with Crippen LogP contribution in [0.5, 0.6) is 0 Å². The third kappa shape index (κ3) is 4.83. The zero-order valence-corrected chi connectivity index (χ0v) is 17.4. The van der Waals surface area contributed by atoms with Crippen LogP contribution < -0.4 is 10.5 Å². The molecule has 1 heterocycles. The van der Waals surface area contributed by atoms with E-state index in [9.17, 15) is 13.2 Å². The number of hydrogen-bond acceptors (Lipinski definition) is 5. The first-order chi connectivity index (χ1) is 13.1. The van der Waals surface area contributed by atoms with E-state index in [1.807, 2.05) is 32.9 Å². The van der Waals surface area contributed by atoms with Crippen LogP contribution in [0.4, 0.5) is 5.69 Å². The van der Waals surface area contributed by atoms with Crippen molar-refractivity contribution in [2.45, 2.75) is 26.5 Å². The summed E-state index contributed by atoms with van der Waals surface area (Å²) in [6.45, 7) is 5.88. The molecular formula is C20H21N3O3S2. The van der Waals surface area contributed by atoms with Gasteiger partial charge in [-0.2, -0.15) is 0 Å². The molecule has 0 aliphatic carbocycles. The number of nitrogens with one attached hydrogen (secondary N) is 1. The predicted octanol–water partition coefficient (Wildman–Crippen LogP) is 3.78. The van der Waals surface area contributed by atoms with Gasteiger partial charge in [-0.3, -0.25) is 4.79 Å². The normalized spacial score (nSPS) is 11.4. The number of hydrogen-bond donors (Lipinski definition) is 2. The lowest BCUT2D eigenvalue weighted by atomic mass is 10.1. The Hall–Kier alpha value is -2.55. The van der Waals surface area contributed by atoms with Crippen LogP contribution in [-0.2, 0) is 15.8 Å². The number of carbonyl (C=O) groups is 1. The number of thiazole rings is 1. The van der Waals surface area contributed by atoms with Crippen LogP contribution in [0.15, 0.2) is 42.5 Å². The molecule has 3 aromatic rings. The highest BCUT2D eigenvalue weighted by Gasteiger charge is 2.17. The van der Waals surface area contributed by atoms with Crippen LogP contribution in [0.3, 0.4) is 0 Å². The second kappa shape index (κ2) is 7.83. The van der Waals surface area contributed by atoms with Crippen molar-refractivity contribution in [2.24, 2.45) is 5.14 Å². The number of aryl methyl sites for hydroxylation is 3. The SMILES string of the molecule is Cc1ccc(-c2nc(C)c(C(=O)Nc3ccc(CS(N)(=O)=O)cc3)s2)c(C)c1. The van der Waals surface area contributed by atoms with Crippen molar-refractivity contribution in [2.75, 3.05) is 5.32 Å².